The zero-order valence-corrected chi connectivity index (χ0v) is 23.1. The molecule has 2 atom stereocenters. The van der Waals surface area contributed by atoms with Crippen molar-refractivity contribution >= 4 is 34.4 Å². The van der Waals surface area contributed by atoms with Crippen LogP contribution in [0.3, 0.4) is 0 Å². The number of aromatic amines is 1. The summed E-state index contributed by atoms with van der Waals surface area (Å²) in [5.74, 6) is -2.50. The second-order valence-corrected chi connectivity index (χ2v) is 10.4. The molecule has 1 fully saturated rings. The van der Waals surface area contributed by atoms with E-state index in [1.807, 2.05) is 85.1 Å². The van der Waals surface area contributed by atoms with Crippen LogP contribution in [0, 0.1) is 5.92 Å². The Balaban J connectivity index is 1.35. The second kappa shape index (κ2) is 12.6. The number of rotatable bonds is 11. The van der Waals surface area contributed by atoms with Crippen LogP contribution in [-0.2, 0) is 45.0 Å². The molecule has 210 valence electrons. The molecule has 0 bridgehead atoms. The van der Waals surface area contributed by atoms with Crippen LogP contribution in [0.2, 0.25) is 0 Å². The average molecular weight is 551 g/mol. The Labute approximate surface area is 239 Å². The fourth-order valence-electron chi connectivity index (χ4n) is 5.45. The molecular formula is C33H34N4O4. The summed E-state index contributed by atoms with van der Waals surface area (Å²) in [6.07, 6.45) is 3.14. The summed E-state index contributed by atoms with van der Waals surface area (Å²) in [5, 5.41) is 6.65. The summed E-state index contributed by atoms with van der Waals surface area (Å²) >= 11 is 0. The number of Topliss-reactive ketones (excluding diaryl/α,β-unsaturated/α-hetero) is 1. The number of nitrogens with zero attached hydrogens (tertiary/aromatic N) is 1. The molecule has 1 aromatic heterocycles. The van der Waals surface area contributed by atoms with Gasteiger partial charge in [0.1, 0.15) is 18.5 Å². The van der Waals surface area contributed by atoms with Crippen molar-refractivity contribution in [1.82, 2.24) is 20.5 Å². The third kappa shape index (κ3) is 6.54. The van der Waals surface area contributed by atoms with Crippen molar-refractivity contribution in [3.63, 3.8) is 0 Å². The molecule has 5 rings (SSSR count). The van der Waals surface area contributed by atoms with Gasteiger partial charge in [0.25, 0.3) is 0 Å². The molecule has 1 aliphatic rings. The van der Waals surface area contributed by atoms with Crippen molar-refractivity contribution in [2.75, 3.05) is 13.1 Å². The van der Waals surface area contributed by atoms with Crippen LogP contribution in [0.25, 0.3) is 10.9 Å². The van der Waals surface area contributed by atoms with Gasteiger partial charge in [-0.3, -0.25) is 19.2 Å². The van der Waals surface area contributed by atoms with Crippen LogP contribution in [0.15, 0.2) is 85.1 Å². The number of hydrogen-bond donors (Lipinski definition) is 3. The largest absolute Gasteiger partial charge is 0.361 e. The molecule has 41 heavy (non-hydrogen) atoms. The van der Waals surface area contributed by atoms with Crippen molar-refractivity contribution in [2.24, 2.45) is 5.92 Å². The normalized spacial score (nSPS) is 15.9. The number of aryl methyl sites for hydroxylation is 1. The first-order valence-electron chi connectivity index (χ1n) is 14.0. The highest BCUT2D eigenvalue weighted by Crippen LogP contribution is 2.22. The Morgan fingerprint density at radius 3 is 2.41 bits per heavy atom. The fraction of sp³-hybridized carbons (Fsp3) is 0.273. The standard InChI is InChI=1S/C33H34N4O4/c1-2-23-12-6-7-13-24(23)18-35-32(40)27(17-25-19-34-28-15-9-8-14-26(25)28)30(38)20-37-21-31(39)36-29(33(37)41)16-22-10-4-3-5-11-22/h3-15,19,27,29,34H,2,16-18,20-21H2,1H3,(H,35,40)(H,36,39). The molecule has 3 aromatic carbocycles. The van der Waals surface area contributed by atoms with Crippen molar-refractivity contribution in [3.8, 4) is 0 Å². The number of aromatic nitrogens is 1. The Morgan fingerprint density at radius 1 is 0.927 bits per heavy atom. The lowest BCUT2D eigenvalue weighted by Crippen LogP contribution is -2.60. The first-order chi connectivity index (χ1) is 19.9. The van der Waals surface area contributed by atoms with Gasteiger partial charge in [0.2, 0.25) is 17.7 Å². The molecule has 0 radical (unpaired) electrons. The molecule has 2 unspecified atom stereocenters. The fourth-order valence-corrected chi connectivity index (χ4v) is 5.45. The number of H-pyrrole nitrogens is 1. The van der Waals surface area contributed by atoms with Crippen LogP contribution >= 0.6 is 0 Å². The number of benzene rings is 3. The molecule has 1 saturated heterocycles. The number of carbonyl (C=O) groups excluding carboxylic acids is 4. The molecule has 1 aliphatic heterocycles. The summed E-state index contributed by atoms with van der Waals surface area (Å²) in [6.45, 7) is 1.82. The van der Waals surface area contributed by atoms with Gasteiger partial charge >= 0.3 is 0 Å². The molecule has 3 N–H and O–H groups in total. The van der Waals surface area contributed by atoms with E-state index in [2.05, 4.69) is 22.5 Å². The summed E-state index contributed by atoms with van der Waals surface area (Å²) < 4.78 is 0. The van der Waals surface area contributed by atoms with Gasteiger partial charge in [-0.25, -0.2) is 0 Å². The highest BCUT2D eigenvalue weighted by atomic mass is 16.2. The zero-order chi connectivity index (χ0) is 28.8. The number of para-hydroxylation sites is 1. The van der Waals surface area contributed by atoms with E-state index in [1.165, 1.54) is 4.90 Å². The maximum absolute atomic E-state index is 13.8. The van der Waals surface area contributed by atoms with Crippen LogP contribution in [0.5, 0.6) is 0 Å². The van der Waals surface area contributed by atoms with E-state index in [0.717, 1.165) is 39.6 Å². The van der Waals surface area contributed by atoms with Gasteiger partial charge in [0.05, 0.1) is 6.54 Å². The highest BCUT2D eigenvalue weighted by Gasteiger charge is 2.36. The van der Waals surface area contributed by atoms with E-state index in [1.54, 1.807) is 0 Å². The lowest BCUT2D eigenvalue weighted by molar-refractivity contribution is -0.147. The van der Waals surface area contributed by atoms with E-state index in [0.29, 0.717) is 13.0 Å². The van der Waals surface area contributed by atoms with Gasteiger partial charge < -0.3 is 20.5 Å². The maximum Gasteiger partial charge on any atom is 0.246 e. The molecule has 8 heteroatoms. The predicted molar refractivity (Wildman–Crippen MR) is 157 cm³/mol. The second-order valence-electron chi connectivity index (χ2n) is 10.4. The van der Waals surface area contributed by atoms with Crippen molar-refractivity contribution in [2.45, 2.75) is 38.8 Å². The minimum atomic E-state index is -1.03. The van der Waals surface area contributed by atoms with Crippen LogP contribution in [-0.4, -0.2) is 52.5 Å². The first-order valence-corrected chi connectivity index (χ1v) is 14.0. The van der Waals surface area contributed by atoms with E-state index in [4.69, 9.17) is 0 Å². The van der Waals surface area contributed by atoms with Crippen molar-refractivity contribution < 1.29 is 19.2 Å². The summed E-state index contributed by atoms with van der Waals surface area (Å²) in [4.78, 5) is 57.7. The number of piperazine rings is 1. The van der Waals surface area contributed by atoms with Crippen LogP contribution in [0.4, 0.5) is 0 Å². The quantitative estimate of drug-likeness (QED) is 0.249. The number of amides is 3. The predicted octanol–water partition coefficient (Wildman–Crippen LogP) is 3.34. The topological polar surface area (TPSA) is 111 Å². The molecular weight excluding hydrogens is 516 g/mol. The molecule has 8 nitrogen and oxygen atoms in total. The lowest BCUT2D eigenvalue weighted by atomic mass is 9.92. The zero-order valence-electron chi connectivity index (χ0n) is 23.1. The Morgan fingerprint density at radius 2 is 1.63 bits per heavy atom. The minimum Gasteiger partial charge on any atom is -0.361 e. The lowest BCUT2D eigenvalue weighted by Gasteiger charge is -2.33. The molecule has 0 aliphatic carbocycles. The van der Waals surface area contributed by atoms with Crippen LogP contribution in [0.1, 0.15) is 29.2 Å². The number of fused-ring (bicyclic) bond motifs is 1. The number of nitrogens with one attached hydrogen (secondary N) is 3. The summed E-state index contributed by atoms with van der Waals surface area (Å²) in [6, 6.07) is 24.2. The van der Waals surface area contributed by atoms with Gasteiger partial charge in [-0.2, -0.15) is 0 Å². The van der Waals surface area contributed by atoms with Gasteiger partial charge in [0.15, 0.2) is 5.78 Å². The van der Waals surface area contributed by atoms with E-state index >= 15 is 0 Å². The minimum absolute atomic E-state index is 0.172. The van der Waals surface area contributed by atoms with Crippen molar-refractivity contribution in [1.29, 1.82) is 0 Å². The third-order valence-corrected chi connectivity index (χ3v) is 7.67. The summed E-state index contributed by atoms with van der Waals surface area (Å²) in [7, 11) is 0. The first kappa shape index (κ1) is 27.8. The molecule has 0 saturated carbocycles. The molecule has 3 amide bonds. The Kier molecular flexibility index (Phi) is 8.58. The number of carbonyl (C=O) groups is 4. The van der Waals surface area contributed by atoms with Gasteiger partial charge in [0, 0.05) is 30.1 Å². The molecule has 2 heterocycles. The Hall–Kier alpha value is -4.72. The average Bonchev–Trinajstić information content (AvgIpc) is 3.40. The van der Waals surface area contributed by atoms with Gasteiger partial charge in [-0.05, 0) is 41.2 Å². The van der Waals surface area contributed by atoms with Gasteiger partial charge in [-0.15, -0.1) is 0 Å². The van der Waals surface area contributed by atoms with Crippen molar-refractivity contribution in [3.05, 3.63) is 107 Å². The summed E-state index contributed by atoms with van der Waals surface area (Å²) in [5.41, 5.74) is 4.78. The monoisotopic (exact) mass is 550 g/mol. The maximum atomic E-state index is 13.8. The van der Waals surface area contributed by atoms with E-state index in [-0.39, 0.29) is 31.3 Å². The SMILES string of the molecule is CCc1ccccc1CNC(=O)C(Cc1c[nH]c2ccccc12)C(=O)CN1CC(=O)NC(Cc2ccccc2)C1=O. The smallest absolute Gasteiger partial charge is 0.246 e. The van der Waals surface area contributed by atoms with E-state index in [9.17, 15) is 19.2 Å². The third-order valence-electron chi connectivity index (χ3n) is 7.67. The molecule has 4 aromatic rings. The number of ketones is 1. The Bertz CT molecular complexity index is 1560. The number of hydrogen-bond acceptors (Lipinski definition) is 4. The van der Waals surface area contributed by atoms with Crippen LogP contribution < -0.4 is 10.6 Å². The molecule has 0 spiro atoms. The highest BCUT2D eigenvalue weighted by molar-refractivity contribution is 6.05. The van der Waals surface area contributed by atoms with E-state index < -0.39 is 23.7 Å². The van der Waals surface area contributed by atoms with Gasteiger partial charge in [-0.1, -0.05) is 79.7 Å².